The molecule has 3 rings (SSSR count). The van der Waals surface area contributed by atoms with Crippen LogP contribution in [0.15, 0.2) is 12.4 Å². The van der Waals surface area contributed by atoms with Crippen LogP contribution in [0.1, 0.15) is 37.3 Å². The van der Waals surface area contributed by atoms with E-state index >= 15 is 0 Å². The third-order valence-electron chi connectivity index (χ3n) is 4.35. The van der Waals surface area contributed by atoms with E-state index in [2.05, 4.69) is 10.4 Å². The van der Waals surface area contributed by atoms with Crippen LogP contribution in [-0.2, 0) is 7.05 Å². The van der Waals surface area contributed by atoms with E-state index in [1.165, 1.54) is 25.7 Å². The zero-order valence-electron chi connectivity index (χ0n) is 11.2. The maximum atomic E-state index is 6.16. The molecule has 1 atom stereocenters. The van der Waals surface area contributed by atoms with Gasteiger partial charge < -0.3 is 11.1 Å². The Balaban J connectivity index is 1.43. The summed E-state index contributed by atoms with van der Waals surface area (Å²) in [7, 11) is 1.93. The van der Waals surface area contributed by atoms with Crippen molar-refractivity contribution in [3.63, 3.8) is 0 Å². The normalized spacial score (nSPS) is 21.5. The Hall–Kier alpha value is -0.870. The molecule has 0 spiro atoms. The number of rotatable bonds is 7. The van der Waals surface area contributed by atoms with Gasteiger partial charge in [-0.25, -0.2) is 0 Å². The van der Waals surface area contributed by atoms with Gasteiger partial charge in [0.25, 0.3) is 0 Å². The van der Waals surface area contributed by atoms with Crippen LogP contribution in [0.4, 0.5) is 0 Å². The van der Waals surface area contributed by atoms with E-state index in [9.17, 15) is 0 Å². The summed E-state index contributed by atoms with van der Waals surface area (Å²) in [6, 6.07) is 0.0674. The third kappa shape index (κ3) is 2.93. The zero-order chi connectivity index (χ0) is 12.5. The van der Waals surface area contributed by atoms with Crippen LogP contribution < -0.4 is 11.1 Å². The molecule has 3 N–H and O–H groups in total. The maximum Gasteiger partial charge on any atom is 0.0537 e. The average molecular weight is 248 g/mol. The van der Waals surface area contributed by atoms with Gasteiger partial charge in [-0.05, 0) is 50.0 Å². The van der Waals surface area contributed by atoms with Gasteiger partial charge in [-0.1, -0.05) is 0 Å². The van der Waals surface area contributed by atoms with Crippen molar-refractivity contribution in [1.29, 1.82) is 0 Å². The Bertz CT molecular complexity index is 380. The molecule has 0 aliphatic heterocycles. The topological polar surface area (TPSA) is 55.9 Å². The molecule has 4 heteroatoms. The van der Waals surface area contributed by atoms with Gasteiger partial charge in [0.1, 0.15) is 0 Å². The van der Waals surface area contributed by atoms with E-state index in [0.717, 1.165) is 36.4 Å². The second-order valence-electron chi connectivity index (χ2n) is 6.05. The van der Waals surface area contributed by atoms with Crippen molar-refractivity contribution in [3.8, 4) is 0 Å². The molecule has 4 nitrogen and oxygen atoms in total. The van der Waals surface area contributed by atoms with Gasteiger partial charge in [0.2, 0.25) is 0 Å². The SMILES string of the molecule is Cn1cc(C(N)CNCC(C2CC2)C2CC2)cn1. The lowest BCUT2D eigenvalue weighted by molar-refractivity contribution is 0.374. The first kappa shape index (κ1) is 12.2. The summed E-state index contributed by atoms with van der Waals surface area (Å²) in [5, 5.41) is 7.74. The molecular weight excluding hydrogens is 224 g/mol. The lowest BCUT2D eigenvalue weighted by Crippen LogP contribution is -2.32. The Labute approximate surface area is 109 Å². The first-order chi connectivity index (χ1) is 8.74. The number of nitrogens with zero attached hydrogens (tertiary/aromatic N) is 2. The molecule has 0 bridgehead atoms. The van der Waals surface area contributed by atoms with Crippen LogP contribution in [0.3, 0.4) is 0 Å². The van der Waals surface area contributed by atoms with Gasteiger partial charge in [-0.2, -0.15) is 5.10 Å². The number of hydrogen-bond acceptors (Lipinski definition) is 3. The fraction of sp³-hybridized carbons (Fsp3) is 0.786. The Morgan fingerprint density at radius 1 is 1.33 bits per heavy atom. The number of nitrogens with two attached hydrogens (primary N) is 1. The van der Waals surface area contributed by atoms with Gasteiger partial charge in [-0.15, -0.1) is 0 Å². The zero-order valence-corrected chi connectivity index (χ0v) is 11.2. The summed E-state index contributed by atoms with van der Waals surface area (Å²) >= 11 is 0. The van der Waals surface area contributed by atoms with E-state index in [1.807, 2.05) is 24.1 Å². The largest absolute Gasteiger partial charge is 0.323 e. The van der Waals surface area contributed by atoms with Crippen molar-refractivity contribution in [3.05, 3.63) is 18.0 Å². The van der Waals surface area contributed by atoms with E-state index in [0.29, 0.717) is 0 Å². The minimum atomic E-state index is 0.0674. The molecular formula is C14H24N4. The van der Waals surface area contributed by atoms with Gasteiger partial charge >= 0.3 is 0 Å². The van der Waals surface area contributed by atoms with Crippen molar-refractivity contribution < 1.29 is 0 Å². The number of aryl methyl sites for hydroxylation is 1. The quantitative estimate of drug-likeness (QED) is 0.768. The van der Waals surface area contributed by atoms with Crippen molar-refractivity contribution in [2.75, 3.05) is 13.1 Å². The van der Waals surface area contributed by atoms with Gasteiger partial charge in [0, 0.05) is 31.4 Å². The molecule has 2 aliphatic rings. The first-order valence-electron chi connectivity index (χ1n) is 7.19. The van der Waals surface area contributed by atoms with Gasteiger partial charge in [0.15, 0.2) is 0 Å². The predicted molar refractivity (Wildman–Crippen MR) is 71.9 cm³/mol. The highest BCUT2D eigenvalue weighted by molar-refractivity contribution is 5.09. The van der Waals surface area contributed by atoms with Gasteiger partial charge in [0.05, 0.1) is 6.20 Å². The van der Waals surface area contributed by atoms with E-state index < -0.39 is 0 Å². The van der Waals surface area contributed by atoms with E-state index in [4.69, 9.17) is 5.73 Å². The van der Waals surface area contributed by atoms with Crippen molar-refractivity contribution in [1.82, 2.24) is 15.1 Å². The number of aromatic nitrogens is 2. The summed E-state index contributed by atoms with van der Waals surface area (Å²) in [6.45, 7) is 2.02. The van der Waals surface area contributed by atoms with Crippen LogP contribution in [0.5, 0.6) is 0 Å². The average Bonchev–Trinajstić information content (AvgIpc) is 3.25. The molecule has 1 aromatic rings. The standard InChI is InChI=1S/C14H24N4/c1-18-9-12(6-17-18)14(15)8-16-7-13(10-2-3-10)11-4-5-11/h6,9-11,13-14,16H,2-5,7-8,15H2,1H3. The van der Waals surface area contributed by atoms with Crippen LogP contribution in [0, 0.1) is 17.8 Å². The highest BCUT2D eigenvalue weighted by atomic mass is 15.2. The van der Waals surface area contributed by atoms with E-state index in [-0.39, 0.29) is 6.04 Å². The molecule has 0 radical (unpaired) electrons. The van der Waals surface area contributed by atoms with Crippen LogP contribution in [-0.4, -0.2) is 22.9 Å². The molecule has 0 aromatic carbocycles. The Morgan fingerprint density at radius 2 is 2.00 bits per heavy atom. The summed E-state index contributed by atoms with van der Waals surface area (Å²) in [5.74, 6) is 2.95. The molecule has 2 saturated carbocycles. The molecule has 1 aromatic heterocycles. The molecule has 1 heterocycles. The molecule has 2 aliphatic carbocycles. The minimum absolute atomic E-state index is 0.0674. The maximum absolute atomic E-state index is 6.16. The Morgan fingerprint density at radius 3 is 2.50 bits per heavy atom. The summed E-state index contributed by atoms with van der Waals surface area (Å²) in [4.78, 5) is 0. The van der Waals surface area contributed by atoms with Crippen LogP contribution in [0.2, 0.25) is 0 Å². The molecule has 1 unspecified atom stereocenters. The molecule has 100 valence electrons. The fourth-order valence-electron chi connectivity index (χ4n) is 2.92. The molecule has 18 heavy (non-hydrogen) atoms. The molecule has 2 fully saturated rings. The van der Waals surface area contributed by atoms with E-state index in [1.54, 1.807) is 0 Å². The second kappa shape index (κ2) is 5.02. The lowest BCUT2D eigenvalue weighted by atomic mass is 9.98. The molecule has 0 amide bonds. The lowest BCUT2D eigenvalue weighted by Gasteiger charge is -2.18. The van der Waals surface area contributed by atoms with Crippen molar-refractivity contribution >= 4 is 0 Å². The van der Waals surface area contributed by atoms with Crippen LogP contribution in [0.25, 0.3) is 0 Å². The Kier molecular flexibility index (Phi) is 3.39. The number of nitrogens with one attached hydrogen (secondary N) is 1. The highest BCUT2D eigenvalue weighted by Gasteiger charge is 2.40. The van der Waals surface area contributed by atoms with Gasteiger partial charge in [-0.3, -0.25) is 4.68 Å². The second-order valence-corrected chi connectivity index (χ2v) is 6.05. The monoisotopic (exact) mass is 248 g/mol. The number of hydrogen-bond donors (Lipinski definition) is 2. The molecule has 0 saturated heterocycles. The first-order valence-corrected chi connectivity index (χ1v) is 7.19. The van der Waals surface area contributed by atoms with Crippen molar-refractivity contribution in [2.45, 2.75) is 31.7 Å². The third-order valence-corrected chi connectivity index (χ3v) is 4.35. The highest BCUT2D eigenvalue weighted by Crippen LogP contribution is 2.48. The summed E-state index contributed by atoms with van der Waals surface area (Å²) < 4.78 is 1.81. The fourth-order valence-corrected chi connectivity index (χ4v) is 2.92. The van der Waals surface area contributed by atoms with Crippen molar-refractivity contribution in [2.24, 2.45) is 30.5 Å². The summed E-state index contributed by atoms with van der Waals surface area (Å²) in [5.41, 5.74) is 7.29. The van der Waals surface area contributed by atoms with Crippen LogP contribution >= 0.6 is 0 Å². The minimum Gasteiger partial charge on any atom is -0.323 e. The summed E-state index contributed by atoms with van der Waals surface area (Å²) in [6.07, 6.45) is 9.70. The smallest absolute Gasteiger partial charge is 0.0537 e. The predicted octanol–water partition coefficient (Wildman–Crippen LogP) is 1.45.